The second kappa shape index (κ2) is 9.85. The lowest BCUT2D eigenvalue weighted by Crippen LogP contribution is -2.55. The highest BCUT2D eigenvalue weighted by atomic mass is 35.5. The molecule has 10 heteroatoms. The number of benzene rings is 2. The van der Waals surface area contributed by atoms with E-state index in [2.05, 4.69) is 20.7 Å². The number of piperidine rings is 1. The predicted molar refractivity (Wildman–Crippen MR) is 158 cm³/mol. The number of nitrogens with one attached hydrogen (secondary N) is 1. The molecular weight excluding hydrogens is 553 g/mol. The Balaban J connectivity index is 1.32. The first-order valence-electron chi connectivity index (χ1n) is 13.1. The molecule has 1 saturated heterocycles. The number of fused-ring (bicyclic) bond motifs is 2. The SMILES string of the molecule is Cc1nc(N2CCC3(CC2)Oc2ccccc2[C@H]3N[S+]([O-])C(C)(C)C)n2ccnc2c1-c1cccc(Cl)c1Cl. The summed E-state index contributed by atoms with van der Waals surface area (Å²) in [5, 5.41) is 0.988. The number of nitrogens with zero attached hydrogens (tertiary/aromatic N) is 4. The maximum atomic E-state index is 13.2. The summed E-state index contributed by atoms with van der Waals surface area (Å²) in [6, 6.07) is 13.5. The molecule has 0 amide bonds. The number of imidazole rings is 1. The van der Waals surface area contributed by atoms with Crippen LogP contribution in [0.4, 0.5) is 5.95 Å². The average Bonchev–Trinajstić information content (AvgIpc) is 3.49. The molecule has 0 aliphatic carbocycles. The van der Waals surface area contributed by atoms with Gasteiger partial charge in [-0.25, -0.2) is 9.97 Å². The van der Waals surface area contributed by atoms with Crippen LogP contribution < -0.4 is 14.4 Å². The van der Waals surface area contributed by atoms with Crippen molar-refractivity contribution in [2.75, 3.05) is 18.0 Å². The summed E-state index contributed by atoms with van der Waals surface area (Å²) in [4.78, 5) is 12.0. The van der Waals surface area contributed by atoms with E-state index >= 15 is 0 Å². The van der Waals surface area contributed by atoms with E-state index in [1.807, 2.05) is 68.6 Å². The molecule has 2 aromatic heterocycles. The van der Waals surface area contributed by atoms with Gasteiger partial charge in [0.25, 0.3) is 0 Å². The van der Waals surface area contributed by atoms with E-state index in [1.54, 1.807) is 12.3 Å². The lowest BCUT2D eigenvalue weighted by Gasteiger charge is -2.43. The maximum absolute atomic E-state index is 13.2. The van der Waals surface area contributed by atoms with Gasteiger partial charge < -0.3 is 14.2 Å². The number of anilines is 1. The van der Waals surface area contributed by atoms with E-state index in [1.165, 1.54) is 0 Å². The van der Waals surface area contributed by atoms with Gasteiger partial charge in [0.1, 0.15) is 27.8 Å². The summed E-state index contributed by atoms with van der Waals surface area (Å²) in [5.74, 6) is 1.69. The number of halogens is 2. The van der Waals surface area contributed by atoms with Gasteiger partial charge in [0, 0.05) is 66.4 Å². The second-order valence-electron chi connectivity index (χ2n) is 11.2. The molecule has 2 aromatic carbocycles. The standard InChI is InChI=1S/C29H31Cl2N5O2S/c1-18-23(20-9-7-10-21(30)24(20)31)26-32-14-17-36(26)27(33-18)35-15-12-29(13-16-35)25(34-39(37)28(2,3)4)19-8-5-6-11-22(19)38-29/h5-11,14,17,25,34H,12-13,15-16H2,1-4H3/t25-,39?/m1/s1. The van der Waals surface area contributed by atoms with Gasteiger partial charge in [-0.3, -0.25) is 4.40 Å². The van der Waals surface area contributed by atoms with Crippen LogP contribution >= 0.6 is 23.2 Å². The largest absolute Gasteiger partial charge is 0.598 e. The van der Waals surface area contributed by atoms with Crippen molar-refractivity contribution in [1.29, 1.82) is 0 Å². The first-order chi connectivity index (χ1) is 18.6. The summed E-state index contributed by atoms with van der Waals surface area (Å²) >= 11 is 11.7. The van der Waals surface area contributed by atoms with Gasteiger partial charge in [-0.1, -0.05) is 53.5 Å². The molecule has 1 fully saturated rings. The van der Waals surface area contributed by atoms with Gasteiger partial charge in [0.15, 0.2) is 0 Å². The minimum atomic E-state index is -1.24. The number of aryl methyl sites for hydroxylation is 1. The molecule has 2 aliphatic rings. The zero-order valence-electron chi connectivity index (χ0n) is 22.4. The van der Waals surface area contributed by atoms with Crippen molar-refractivity contribution < 1.29 is 9.29 Å². The number of hydrogen-bond donors (Lipinski definition) is 1. The van der Waals surface area contributed by atoms with Crippen LogP contribution in [0, 0.1) is 6.92 Å². The fraction of sp³-hybridized carbons (Fsp3) is 0.379. The summed E-state index contributed by atoms with van der Waals surface area (Å²) in [6.07, 6.45) is 5.22. The first-order valence-corrected chi connectivity index (χ1v) is 15.0. The van der Waals surface area contributed by atoms with Gasteiger partial charge >= 0.3 is 0 Å². The number of ether oxygens (including phenoxy) is 1. The van der Waals surface area contributed by atoms with Crippen LogP contribution in [0.15, 0.2) is 54.9 Å². The lowest BCUT2D eigenvalue weighted by atomic mass is 9.83. The van der Waals surface area contributed by atoms with Crippen LogP contribution in [0.25, 0.3) is 16.8 Å². The Morgan fingerprint density at radius 2 is 1.85 bits per heavy atom. The van der Waals surface area contributed by atoms with Crippen LogP contribution in [0.2, 0.25) is 10.0 Å². The van der Waals surface area contributed by atoms with E-state index in [9.17, 15) is 4.55 Å². The quantitative estimate of drug-likeness (QED) is 0.275. The highest BCUT2D eigenvalue weighted by molar-refractivity contribution is 7.90. The molecule has 39 heavy (non-hydrogen) atoms. The van der Waals surface area contributed by atoms with E-state index in [0.717, 1.165) is 65.7 Å². The van der Waals surface area contributed by atoms with Crippen molar-refractivity contribution in [3.8, 4) is 16.9 Å². The third-order valence-electron chi connectivity index (χ3n) is 7.67. The monoisotopic (exact) mass is 583 g/mol. The molecule has 204 valence electrons. The number of para-hydroxylation sites is 1. The number of aromatic nitrogens is 3. The Morgan fingerprint density at radius 3 is 2.59 bits per heavy atom. The molecule has 1 unspecified atom stereocenters. The van der Waals surface area contributed by atoms with Gasteiger partial charge in [0.2, 0.25) is 5.95 Å². The Kier molecular flexibility index (Phi) is 6.75. The van der Waals surface area contributed by atoms with Crippen molar-refractivity contribution in [3.05, 3.63) is 76.2 Å². The van der Waals surface area contributed by atoms with Crippen molar-refractivity contribution in [2.45, 2.75) is 56.9 Å². The van der Waals surface area contributed by atoms with Crippen LogP contribution in [0.5, 0.6) is 5.75 Å². The van der Waals surface area contributed by atoms with Crippen LogP contribution in [-0.4, -0.2) is 42.4 Å². The first kappa shape index (κ1) is 26.7. The van der Waals surface area contributed by atoms with Crippen molar-refractivity contribution in [3.63, 3.8) is 0 Å². The molecule has 6 rings (SSSR count). The van der Waals surface area contributed by atoms with Gasteiger partial charge in [-0.05, 0) is 39.8 Å². The smallest absolute Gasteiger partial charge is 0.211 e. The highest BCUT2D eigenvalue weighted by Crippen LogP contribution is 2.49. The molecule has 4 aromatic rings. The molecule has 1 N–H and O–H groups in total. The van der Waals surface area contributed by atoms with Crippen LogP contribution in [0.3, 0.4) is 0 Å². The number of hydrogen-bond acceptors (Lipinski definition) is 6. The number of rotatable bonds is 4. The minimum Gasteiger partial charge on any atom is -0.598 e. The van der Waals surface area contributed by atoms with Crippen LogP contribution in [-0.2, 0) is 11.4 Å². The fourth-order valence-corrected chi connectivity index (χ4v) is 6.91. The summed E-state index contributed by atoms with van der Waals surface area (Å²) in [5.41, 5.74) is 3.88. The Labute approximate surface area is 241 Å². The Morgan fingerprint density at radius 1 is 1.10 bits per heavy atom. The third kappa shape index (κ3) is 4.56. The van der Waals surface area contributed by atoms with Crippen molar-refractivity contribution in [2.24, 2.45) is 0 Å². The van der Waals surface area contributed by atoms with E-state index in [4.69, 9.17) is 32.9 Å². The summed E-state index contributed by atoms with van der Waals surface area (Å²) < 4.78 is 24.9. The van der Waals surface area contributed by atoms with E-state index < -0.39 is 17.0 Å². The molecule has 0 bridgehead atoms. The van der Waals surface area contributed by atoms with Gasteiger partial charge in [-0.15, -0.1) is 4.72 Å². The molecule has 2 aliphatic heterocycles. The Bertz CT molecular complexity index is 1540. The zero-order chi connectivity index (χ0) is 27.5. The Hall–Kier alpha value is -2.49. The molecule has 0 radical (unpaired) electrons. The van der Waals surface area contributed by atoms with Gasteiger partial charge in [-0.2, -0.15) is 0 Å². The molecule has 0 saturated carbocycles. The second-order valence-corrected chi connectivity index (χ2v) is 14.0. The normalized spacial score (nSPS) is 19.4. The fourth-order valence-electron chi connectivity index (χ4n) is 5.61. The molecule has 4 heterocycles. The predicted octanol–water partition coefficient (Wildman–Crippen LogP) is 6.54. The van der Waals surface area contributed by atoms with Crippen molar-refractivity contribution >= 4 is 46.2 Å². The average molecular weight is 585 g/mol. The summed E-state index contributed by atoms with van der Waals surface area (Å²) in [6.45, 7) is 9.39. The maximum Gasteiger partial charge on any atom is 0.211 e. The molecule has 7 nitrogen and oxygen atoms in total. The molecule has 2 atom stereocenters. The van der Waals surface area contributed by atoms with E-state index in [-0.39, 0.29) is 10.8 Å². The van der Waals surface area contributed by atoms with Gasteiger partial charge in [0.05, 0.1) is 15.7 Å². The van der Waals surface area contributed by atoms with Crippen LogP contribution in [0.1, 0.15) is 50.9 Å². The third-order valence-corrected chi connectivity index (χ3v) is 10.1. The van der Waals surface area contributed by atoms with Crippen molar-refractivity contribution in [1.82, 2.24) is 19.1 Å². The lowest BCUT2D eigenvalue weighted by molar-refractivity contribution is 0.0377. The minimum absolute atomic E-state index is 0.161. The van der Waals surface area contributed by atoms with E-state index in [0.29, 0.717) is 10.0 Å². The summed E-state index contributed by atoms with van der Waals surface area (Å²) in [7, 11) is 0. The zero-order valence-corrected chi connectivity index (χ0v) is 24.7. The molecule has 1 spiro atoms. The highest BCUT2D eigenvalue weighted by Gasteiger charge is 2.53. The molecular formula is C29H31Cl2N5O2S. The topological polar surface area (TPSA) is 77.8 Å².